The third kappa shape index (κ3) is 3.33. The number of esters is 1. The minimum atomic E-state index is -1.22. The zero-order valence-corrected chi connectivity index (χ0v) is 18.0. The Labute approximate surface area is 187 Å². The van der Waals surface area contributed by atoms with Gasteiger partial charge in [-0.05, 0) is 52.6 Å². The molecule has 5 rings (SSSR count). The van der Waals surface area contributed by atoms with E-state index in [4.69, 9.17) is 4.74 Å². The number of ether oxygens (including phenoxy) is 1. The van der Waals surface area contributed by atoms with Crippen LogP contribution in [0.1, 0.15) is 23.6 Å². The normalized spacial score (nSPS) is 12.8. The van der Waals surface area contributed by atoms with Crippen molar-refractivity contribution < 1.29 is 14.6 Å². The van der Waals surface area contributed by atoms with E-state index in [2.05, 4.69) is 31.9 Å². The molecule has 0 unspecified atom stereocenters. The van der Waals surface area contributed by atoms with Crippen molar-refractivity contribution in [2.75, 3.05) is 0 Å². The number of benzene rings is 4. The standard InChI is InChI=1S/C27H20O3.C2H4/c1-17(2)26(28)30-21-14-12-18-15-20(13-11-19(18)16-21)27(29)24-9-5-3-7-22(24)23-8-4-6-10-25(23)27;1-2/h3-16,29H,1H2,2H3;1-2H2. The summed E-state index contributed by atoms with van der Waals surface area (Å²) >= 11 is 0. The first-order valence-electron chi connectivity index (χ1n) is 10.3. The molecule has 0 amide bonds. The second kappa shape index (κ2) is 8.29. The second-order valence-corrected chi connectivity index (χ2v) is 7.70. The van der Waals surface area contributed by atoms with Crippen LogP contribution in [0.3, 0.4) is 0 Å². The maximum atomic E-state index is 12.0. The molecular weight excluding hydrogens is 396 g/mol. The third-order valence-electron chi connectivity index (χ3n) is 5.71. The smallest absolute Gasteiger partial charge is 0.338 e. The molecular formula is C29H24O3. The fourth-order valence-corrected chi connectivity index (χ4v) is 4.23. The van der Waals surface area contributed by atoms with Crippen LogP contribution in [-0.4, -0.2) is 11.1 Å². The maximum Gasteiger partial charge on any atom is 0.338 e. The highest BCUT2D eigenvalue weighted by atomic mass is 16.5. The Morgan fingerprint density at radius 1 is 0.812 bits per heavy atom. The first-order chi connectivity index (χ1) is 15.5. The largest absolute Gasteiger partial charge is 0.423 e. The van der Waals surface area contributed by atoms with E-state index in [1.165, 1.54) is 0 Å². The minimum Gasteiger partial charge on any atom is -0.423 e. The highest BCUT2D eigenvalue weighted by Gasteiger charge is 2.42. The van der Waals surface area contributed by atoms with E-state index in [-0.39, 0.29) is 0 Å². The van der Waals surface area contributed by atoms with Gasteiger partial charge in [-0.15, -0.1) is 13.2 Å². The Hall–Kier alpha value is -3.95. The molecule has 32 heavy (non-hydrogen) atoms. The third-order valence-corrected chi connectivity index (χ3v) is 5.71. The van der Waals surface area contributed by atoms with Crippen LogP contribution < -0.4 is 4.74 Å². The Morgan fingerprint density at radius 3 is 1.94 bits per heavy atom. The van der Waals surface area contributed by atoms with E-state index in [0.717, 1.165) is 38.6 Å². The summed E-state index contributed by atoms with van der Waals surface area (Å²) in [6, 6.07) is 27.3. The molecule has 1 N–H and O–H groups in total. The van der Waals surface area contributed by atoms with Gasteiger partial charge in [0, 0.05) is 16.7 Å². The van der Waals surface area contributed by atoms with Gasteiger partial charge >= 0.3 is 5.97 Å². The summed E-state index contributed by atoms with van der Waals surface area (Å²) in [5, 5.41) is 13.9. The topological polar surface area (TPSA) is 46.5 Å². The summed E-state index contributed by atoms with van der Waals surface area (Å²) in [5.41, 5.74) is 3.82. The van der Waals surface area contributed by atoms with E-state index in [9.17, 15) is 9.90 Å². The molecule has 0 fully saturated rings. The van der Waals surface area contributed by atoms with Gasteiger partial charge in [-0.1, -0.05) is 73.3 Å². The Bertz CT molecular complexity index is 1300. The van der Waals surface area contributed by atoms with Crippen LogP contribution >= 0.6 is 0 Å². The van der Waals surface area contributed by atoms with E-state index in [0.29, 0.717) is 11.3 Å². The average molecular weight is 421 g/mol. The van der Waals surface area contributed by atoms with Crippen LogP contribution in [0.2, 0.25) is 0 Å². The Kier molecular flexibility index (Phi) is 5.52. The van der Waals surface area contributed by atoms with Crippen LogP contribution in [0.4, 0.5) is 0 Å². The SMILES string of the molecule is C=C.C=C(C)C(=O)Oc1ccc2cc(C3(O)c4ccccc4-c4ccccc43)ccc2c1. The lowest BCUT2D eigenvalue weighted by molar-refractivity contribution is -0.130. The average Bonchev–Trinajstić information content (AvgIpc) is 3.10. The van der Waals surface area contributed by atoms with Crippen molar-refractivity contribution in [3.63, 3.8) is 0 Å². The minimum absolute atomic E-state index is 0.353. The first-order valence-corrected chi connectivity index (χ1v) is 10.3. The van der Waals surface area contributed by atoms with Crippen molar-refractivity contribution >= 4 is 16.7 Å². The molecule has 0 spiro atoms. The first kappa shape index (κ1) is 21.3. The number of carbonyl (C=O) groups is 1. The molecule has 0 saturated heterocycles. The molecule has 4 aromatic rings. The summed E-state index contributed by atoms with van der Waals surface area (Å²) in [7, 11) is 0. The molecule has 3 nitrogen and oxygen atoms in total. The summed E-state index contributed by atoms with van der Waals surface area (Å²) in [5.74, 6) is 0.0259. The van der Waals surface area contributed by atoms with Crippen molar-refractivity contribution in [1.82, 2.24) is 0 Å². The molecule has 0 saturated carbocycles. The monoisotopic (exact) mass is 420 g/mol. The molecule has 0 bridgehead atoms. The number of hydrogen-bond donors (Lipinski definition) is 1. The van der Waals surface area contributed by atoms with Crippen molar-refractivity contribution in [2.45, 2.75) is 12.5 Å². The molecule has 3 heteroatoms. The summed E-state index contributed by atoms with van der Waals surface area (Å²) < 4.78 is 5.34. The molecule has 0 aliphatic heterocycles. The Balaban J connectivity index is 0.00000119. The Morgan fingerprint density at radius 2 is 1.34 bits per heavy atom. The maximum absolute atomic E-state index is 12.0. The van der Waals surface area contributed by atoms with Crippen LogP contribution in [0.5, 0.6) is 5.75 Å². The summed E-state index contributed by atoms with van der Waals surface area (Å²) in [6.45, 7) is 11.2. The number of hydrogen-bond acceptors (Lipinski definition) is 3. The summed E-state index contributed by atoms with van der Waals surface area (Å²) in [4.78, 5) is 11.8. The van der Waals surface area contributed by atoms with Crippen molar-refractivity contribution in [1.29, 1.82) is 0 Å². The lowest BCUT2D eigenvalue weighted by Crippen LogP contribution is -2.26. The molecule has 4 aromatic carbocycles. The van der Waals surface area contributed by atoms with Gasteiger partial charge < -0.3 is 9.84 Å². The van der Waals surface area contributed by atoms with Gasteiger partial charge in [0.25, 0.3) is 0 Å². The van der Waals surface area contributed by atoms with Crippen LogP contribution in [0, 0.1) is 0 Å². The predicted molar refractivity (Wildman–Crippen MR) is 130 cm³/mol. The van der Waals surface area contributed by atoms with Gasteiger partial charge in [0.15, 0.2) is 0 Å². The van der Waals surface area contributed by atoms with Crippen LogP contribution in [0.15, 0.2) is 110 Å². The van der Waals surface area contributed by atoms with Gasteiger partial charge in [-0.25, -0.2) is 4.79 Å². The predicted octanol–water partition coefficient (Wildman–Crippen LogP) is 6.39. The lowest BCUT2D eigenvalue weighted by Gasteiger charge is -2.27. The highest BCUT2D eigenvalue weighted by molar-refractivity contribution is 5.91. The molecule has 0 radical (unpaired) electrons. The lowest BCUT2D eigenvalue weighted by atomic mass is 9.83. The molecule has 1 aliphatic rings. The molecule has 158 valence electrons. The molecule has 0 aromatic heterocycles. The van der Waals surface area contributed by atoms with E-state index in [1.54, 1.807) is 13.0 Å². The van der Waals surface area contributed by atoms with Gasteiger partial charge in [-0.2, -0.15) is 0 Å². The fourth-order valence-electron chi connectivity index (χ4n) is 4.23. The van der Waals surface area contributed by atoms with E-state index in [1.807, 2.05) is 66.7 Å². The quantitative estimate of drug-likeness (QED) is 0.181. The van der Waals surface area contributed by atoms with Gasteiger partial charge in [0.2, 0.25) is 0 Å². The number of fused-ring (bicyclic) bond motifs is 4. The zero-order valence-electron chi connectivity index (χ0n) is 18.0. The molecule has 0 atom stereocenters. The fraction of sp³-hybridized carbons (Fsp3) is 0.0690. The highest BCUT2D eigenvalue weighted by Crippen LogP contribution is 2.51. The van der Waals surface area contributed by atoms with Gasteiger partial charge in [0.1, 0.15) is 11.4 Å². The summed E-state index contributed by atoms with van der Waals surface area (Å²) in [6.07, 6.45) is 0. The van der Waals surface area contributed by atoms with Gasteiger partial charge in [0.05, 0.1) is 0 Å². The number of rotatable bonds is 3. The van der Waals surface area contributed by atoms with Crippen molar-refractivity contribution in [3.8, 4) is 16.9 Å². The van der Waals surface area contributed by atoms with Crippen molar-refractivity contribution in [3.05, 3.63) is 127 Å². The molecule has 0 heterocycles. The zero-order chi connectivity index (χ0) is 22.9. The molecule has 1 aliphatic carbocycles. The van der Waals surface area contributed by atoms with Gasteiger partial charge in [-0.3, -0.25) is 0 Å². The van der Waals surface area contributed by atoms with E-state index >= 15 is 0 Å². The van der Waals surface area contributed by atoms with E-state index < -0.39 is 11.6 Å². The van der Waals surface area contributed by atoms with Crippen molar-refractivity contribution in [2.24, 2.45) is 0 Å². The van der Waals surface area contributed by atoms with Crippen LogP contribution in [-0.2, 0) is 10.4 Å². The number of aliphatic hydroxyl groups is 1. The second-order valence-electron chi connectivity index (χ2n) is 7.70. The number of carbonyl (C=O) groups excluding carboxylic acids is 1. The van der Waals surface area contributed by atoms with Crippen LogP contribution in [0.25, 0.3) is 21.9 Å².